The normalized spacial score (nSPS) is 27.0. The lowest BCUT2D eigenvalue weighted by atomic mass is 10.1. The number of hydrogen-bond acceptors (Lipinski definition) is 11. The zero-order valence-electron chi connectivity index (χ0n) is 31.4. The number of carbonyl (C=O) groups is 3. The van der Waals surface area contributed by atoms with Gasteiger partial charge in [-0.1, -0.05) is 32.9 Å². The monoisotopic (exact) mass is 779 g/mol. The SMILES string of the molecule is CC[C@H]1OCCCC/C=C\[C@@H]2C[C@@]2(C(=O)NS(=O)(=O)C2CC2)NC(=O)[C@@H]2C[C@@H](Oc3cc(-c4nc(C(C)C)cs4)nc4c(C)c(OC)ccc34)CN2C1=O. The molecule has 1 aromatic carbocycles. The van der Waals surface area contributed by atoms with Gasteiger partial charge in [0.25, 0.3) is 11.8 Å². The summed E-state index contributed by atoms with van der Waals surface area (Å²) in [6, 6.07) is 4.61. The first-order chi connectivity index (χ1) is 25.8. The number of aryl methyl sites for hydroxylation is 1. The standard InChI is InChI=1S/C39H49N5O8S2/c1-6-31-37(46)44-20-25(52-33-18-28(36-41-29(21-53-36)22(2)3)40-34-23(4)32(50-5)15-14-27(33)34)17-30(44)35(45)42-39(38(47)43-54(48,49)26-12-13-26)19-24(39)11-9-7-8-10-16-51-31/h9,11,14-15,18,21-22,24-26,30-31H,6-8,10,12-13,16-17,19-20H2,1-5H3,(H,42,45)(H,43,47)/b11-9-/t24-,25-,30+,31-,39-/m1/s1. The summed E-state index contributed by atoms with van der Waals surface area (Å²) in [7, 11) is -2.24. The average molecular weight is 780 g/mol. The smallest absolute Gasteiger partial charge is 0.259 e. The van der Waals surface area contributed by atoms with Crippen LogP contribution < -0.4 is 19.5 Å². The third-order valence-corrected chi connectivity index (χ3v) is 13.6. The third kappa shape index (κ3) is 7.59. The molecule has 15 heteroatoms. The highest BCUT2D eigenvalue weighted by atomic mass is 32.2. The maximum absolute atomic E-state index is 14.4. The summed E-state index contributed by atoms with van der Waals surface area (Å²) >= 11 is 1.50. The molecule has 4 heterocycles. The molecule has 13 nitrogen and oxygen atoms in total. The van der Waals surface area contributed by atoms with Gasteiger partial charge in [0.2, 0.25) is 15.9 Å². The van der Waals surface area contributed by atoms with Crippen LogP contribution in [0.1, 0.15) is 89.3 Å². The van der Waals surface area contributed by atoms with Crippen LogP contribution in [0.25, 0.3) is 21.6 Å². The fraction of sp³-hybridized carbons (Fsp3) is 0.564. The van der Waals surface area contributed by atoms with Crippen molar-refractivity contribution < 1.29 is 37.0 Å². The highest BCUT2D eigenvalue weighted by molar-refractivity contribution is 7.91. The number of nitrogens with zero attached hydrogens (tertiary/aromatic N) is 3. The summed E-state index contributed by atoms with van der Waals surface area (Å²) in [5.74, 6) is -0.559. The molecule has 3 amide bonds. The minimum atomic E-state index is -3.86. The number of nitrogens with one attached hydrogen (secondary N) is 2. The zero-order chi connectivity index (χ0) is 38.4. The van der Waals surface area contributed by atoms with E-state index in [4.69, 9.17) is 24.2 Å². The van der Waals surface area contributed by atoms with Gasteiger partial charge in [0.1, 0.15) is 46.0 Å². The molecule has 3 aromatic rings. The molecule has 2 N–H and O–H groups in total. The Bertz CT molecular complexity index is 2080. The number of allylic oxidation sites excluding steroid dienone is 1. The number of amides is 3. The van der Waals surface area contributed by atoms with Crippen molar-refractivity contribution in [3.8, 4) is 22.2 Å². The van der Waals surface area contributed by atoms with Crippen LogP contribution in [0.3, 0.4) is 0 Å². The Kier molecular flexibility index (Phi) is 10.8. The number of sulfonamides is 1. The molecule has 0 radical (unpaired) electrons. The highest BCUT2D eigenvalue weighted by Crippen LogP contribution is 2.46. The summed E-state index contributed by atoms with van der Waals surface area (Å²) in [6.45, 7) is 8.47. The van der Waals surface area contributed by atoms with Crippen LogP contribution >= 0.6 is 11.3 Å². The maximum Gasteiger partial charge on any atom is 0.259 e. The van der Waals surface area contributed by atoms with Gasteiger partial charge >= 0.3 is 0 Å². The van der Waals surface area contributed by atoms with Gasteiger partial charge in [-0.3, -0.25) is 19.1 Å². The summed E-state index contributed by atoms with van der Waals surface area (Å²) in [6.07, 6.45) is 6.54. The Hall–Kier alpha value is -4.08. The molecular weight excluding hydrogens is 731 g/mol. The Labute approximate surface area is 320 Å². The molecule has 2 saturated carbocycles. The summed E-state index contributed by atoms with van der Waals surface area (Å²) in [5, 5.41) is 5.84. The minimum absolute atomic E-state index is 0.0956. The molecular formula is C39H49N5O8S2. The summed E-state index contributed by atoms with van der Waals surface area (Å²) in [4.78, 5) is 53.6. The van der Waals surface area contributed by atoms with Crippen molar-refractivity contribution in [2.75, 3.05) is 20.3 Å². The van der Waals surface area contributed by atoms with Gasteiger partial charge in [0.05, 0.1) is 30.1 Å². The molecule has 4 aliphatic rings. The van der Waals surface area contributed by atoms with Crippen LogP contribution in [0.4, 0.5) is 0 Å². The van der Waals surface area contributed by atoms with E-state index in [2.05, 4.69) is 23.9 Å². The van der Waals surface area contributed by atoms with Crippen LogP contribution in [0.15, 0.2) is 35.7 Å². The summed E-state index contributed by atoms with van der Waals surface area (Å²) < 4.78 is 46.4. The first-order valence-electron chi connectivity index (χ1n) is 18.9. The minimum Gasteiger partial charge on any atom is -0.496 e. The molecule has 2 aromatic heterocycles. The quantitative estimate of drug-likeness (QED) is 0.277. The average Bonchev–Trinajstić information content (AvgIpc) is 4.02. The van der Waals surface area contributed by atoms with Gasteiger partial charge < -0.3 is 24.4 Å². The van der Waals surface area contributed by atoms with E-state index in [1.54, 1.807) is 7.11 Å². The maximum atomic E-state index is 14.4. The van der Waals surface area contributed by atoms with Crippen LogP contribution in [0.5, 0.6) is 11.5 Å². The van der Waals surface area contributed by atoms with Gasteiger partial charge in [-0.05, 0) is 69.9 Å². The van der Waals surface area contributed by atoms with Crippen molar-refractivity contribution in [2.45, 2.75) is 114 Å². The largest absolute Gasteiger partial charge is 0.496 e. The van der Waals surface area contributed by atoms with Gasteiger partial charge in [-0.15, -0.1) is 11.3 Å². The molecule has 0 spiro atoms. The van der Waals surface area contributed by atoms with Crippen molar-refractivity contribution >= 4 is 50.0 Å². The van der Waals surface area contributed by atoms with Crippen molar-refractivity contribution in [2.24, 2.45) is 5.92 Å². The lowest BCUT2D eigenvalue weighted by Crippen LogP contribution is -2.57. The number of carbonyl (C=O) groups excluding carboxylic acids is 3. The number of aromatic nitrogens is 2. The molecule has 0 unspecified atom stereocenters. The lowest BCUT2D eigenvalue weighted by Gasteiger charge is -2.29. The fourth-order valence-corrected chi connectivity index (χ4v) is 9.70. The number of ether oxygens (including phenoxy) is 3. The lowest BCUT2D eigenvalue weighted by molar-refractivity contribution is -0.149. The van der Waals surface area contributed by atoms with Crippen LogP contribution in [-0.4, -0.2) is 90.3 Å². The highest BCUT2D eigenvalue weighted by Gasteiger charge is 2.62. The van der Waals surface area contributed by atoms with Crippen LogP contribution in [0.2, 0.25) is 0 Å². The molecule has 7 rings (SSSR count). The second-order valence-electron chi connectivity index (χ2n) is 15.1. The molecule has 3 fully saturated rings. The van der Waals surface area contributed by atoms with E-state index in [1.807, 2.05) is 49.6 Å². The number of pyridine rings is 1. The molecule has 2 aliphatic heterocycles. The molecule has 5 atom stereocenters. The van der Waals surface area contributed by atoms with E-state index in [0.29, 0.717) is 48.6 Å². The van der Waals surface area contributed by atoms with E-state index >= 15 is 0 Å². The molecule has 1 saturated heterocycles. The van der Waals surface area contributed by atoms with Crippen LogP contribution in [-0.2, 0) is 29.1 Å². The van der Waals surface area contributed by atoms with Gasteiger partial charge in [-0.2, -0.15) is 0 Å². The van der Waals surface area contributed by atoms with Gasteiger partial charge in [0.15, 0.2) is 0 Å². The van der Waals surface area contributed by atoms with Crippen molar-refractivity contribution in [1.29, 1.82) is 0 Å². The fourth-order valence-electron chi connectivity index (χ4n) is 7.40. The molecule has 54 heavy (non-hydrogen) atoms. The third-order valence-electron chi connectivity index (χ3n) is 10.9. The predicted octanol–water partition coefficient (Wildman–Crippen LogP) is 5.17. The second kappa shape index (κ2) is 15.2. The molecule has 290 valence electrons. The zero-order valence-corrected chi connectivity index (χ0v) is 33.1. The Morgan fingerprint density at radius 1 is 1.19 bits per heavy atom. The van der Waals surface area contributed by atoms with E-state index < -0.39 is 50.9 Å². The van der Waals surface area contributed by atoms with E-state index in [-0.39, 0.29) is 37.1 Å². The Morgan fingerprint density at radius 3 is 2.69 bits per heavy atom. The number of hydrogen-bond donors (Lipinski definition) is 2. The first-order valence-corrected chi connectivity index (χ1v) is 21.3. The van der Waals surface area contributed by atoms with Crippen molar-refractivity contribution in [3.05, 3.63) is 47.0 Å². The van der Waals surface area contributed by atoms with Crippen LogP contribution in [0, 0.1) is 12.8 Å². The number of methoxy groups -OCH3 is 1. The van der Waals surface area contributed by atoms with Crippen molar-refractivity contribution in [3.63, 3.8) is 0 Å². The second-order valence-corrected chi connectivity index (χ2v) is 18.0. The number of rotatable bonds is 9. The first kappa shape index (κ1) is 38.2. The summed E-state index contributed by atoms with van der Waals surface area (Å²) in [5.41, 5.74) is 1.67. The molecule has 2 aliphatic carbocycles. The predicted molar refractivity (Wildman–Crippen MR) is 205 cm³/mol. The van der Waals surface area contributed by atoms with Gasteiger partial charge in [0, 0.05) is 41.3 Å². The van der Waals surface area contributed by atoms with E-state index in [9.17, 15) is 22.8 Å². The van der Waals surface area contributed by atoms with Gasteiger partial charge in [-0.25, -0.2) is 18.4 Å². The number of benzene rings is 1. The number of thiazole rings is 1. The van der Waals surface area contributed by atoms with E-state index in [1.165, 1.54) is 16.2 Å². The van der Waals surface area contributed by atoms with E-state index in [0.717, 1.165) is 40.9 Å². The number of fused-ring (bicyclic) bond motifs is 3. The Balaban J connectivity index is 1.22. The Morgan fingerprint density at radius 2 is 1.98 bits per heavy atom. The van der Waals surface area contributed by atoms with Crippen molar-refractivity contribution in [1.82, 2.24) is 24.9 Å². The topological polar surface area (TPSA) is 166 Å². The molecule has 0 bridgehead atoms.